The Hall–Kier alpha value is -1.50. The lowest BCUT2D eigenvalue weighted by molar-refractivity contribution is -0.115. The maximum Gasteiger partial charge on any atom is 0.251 e. The fourth-order valence-corrected chi connectivity index (χ4v) is 3.98. The molecule has 7 heteroatoms. The first-order chi connectivity index (χ1) is 11.5. The van der Waals surface area contributed by atoms with Gasteiger partial charge in [-0.2, -0.15) is 0 Å². The molecular formula is C17H14BrClN2O2S. The van der Waals surface area contributed by atoms with Crippen molar-refractivity contribution in [1.82, 2.24) is 5.32 Å². The molecule has 0 atom stereocenters. The van der Waals surface area contributed by atoms with Gasteiger partial charge < -0.3 is 10.6 Å². The van der Waals surface area contributed by atoms with Crippen molar-refractivity contribution in [2.24, 2.45) is 0 Å². The van der Waals surface area contributed by atoms with E-state index in [1.165, 1.54) is 0 Å². The number of benzene rings is 2. The number of hydrogen-bond acceptors (Lipinski definition) is 3. The molecule has 2 N–H and O–H groups in total. The number of thioether (sulfide) groups is 1. The fraction of sp³-hybridized carbons (Fsp3) is 0.176. The lowest BCUT2D eigenvalue weighted by Crippen LogP contribution is -2.23. The average molecular weight is 426 g/mol. The van der Waals surface area contributed by atoms with E-state index in [2.05, 4.69) is 26.6 Å². The van der Waals surface area contributed by atoms with E-state index in [1.54, 1.807) is 30.0 Å². The molecule has 2 aromatic rings. The molecule has 3 rings (SSSR count). The first-order valence-electron chi connectivity index (χ1n) is 7.32. The number of amides is 2. The molecule has 4 nitrogen and oxygen atoms in total. The summed E-state index contributed by atoms with van der Waals surface area (Å²) in [6, 6.07) is 10.9. The van der Waals surface area contributed by atoms with Gasteiger partial charge in [0.05, 0.1) is 5.69 Å². The highest BCUT2D eigenvalue weighted by Gasteiger charge is 2.16. The van der Waals surface area contributed by atoms with Crippen LogP contribution in [0, 0.1) is 0 Å². The Kier molecular flexibility index (Phi) is 5.48. The van der Waals surface area contributed by atoms with Crippen LogP contribution < -0.4 is 10.6 Å². The standard InChI is InChI=1S/C17H14BrClN2O2S/c18-12-3-1-11(13(19)8-12)9-20-17(23)10-2-4-15-14(7-10)21-16(22)5-6-24-15/h1-4,7-8H,5-6,9H2,(H,20,23)(H,21,22). The number of fused-ring (bicyclic) bond motifs is 1. The Balaban J connectivity index is 1.72. The van der Waals surface area contributed by atoms with Crippen LogP contribution in [0.3, 0.4) is 0 Å². The van der Waals surface area contributed by atoms with Crippen molar-refractivity contribution in [2.75, 3.05) is 11.1 Å². The molecule has 0 aliphatic carbocycles. The van der Waals surface area contributed by atoms with E-state index in [9.17, 15) is 9.59 Å². The summed E-state index contributed by atoms with van der Waals surface area (Å²) in [5.41, 5.74) is 2.04. The number of hydrogen-bond donors (Lipinski definition) is 2. The topological polar surface area (TPSA) is 58.2 Å². The fourth-order valence-electron chi connectivity index (χ4n) is 2.30. The molecule has 124 valence electrons. The summed E-state index contributed by atoms with van der Waals surface area (Å²) in [6.07, 6.45) is 0.475. The van der Waals surface area contributed by atoms with E-state index in [-0.39, 0.29) is 11.8 Å². The quantitative estimate of drug-likeness (QED) is 0.763. The lowest BCUT2D eigenvalue weighted by atomic mass is 10.1. The molecule has 0 radical (unpaired) electrons. The smallest absolute Gasteiger partial charge is 0.251 e. The van der Waals surface area contributed by atoms with Crippen LogP contribution in [0.1, 0.15) is 22.3 Å². The van der Waals surface area contributed by atoms with Crippen LogP contribution in [0.5, 0.6) is 0 Å². The number of halogens is 2. The van der Waals surface area contributed by atoms with Gasteiger partial charge in [-0.15, -0.1) is 11.8 Å². The van der Waals surface area contributed by atoms with Crippen LogP contribution in [0.2, 0.25) is 5.02 Å². The number of carbonyl (C=O) groups excluding carboxylic acids is 2. The molecule has 0 unspecified atom stereocenters. The summed E-state index contributed by atoms with van der Waals surface area (Å²) in [7, 11) is 0. The Bertz CT molecular complexity index is 813. The van der Waals surface area contributed by atoms with Gasteiger partial charge in [0.15, 0.2) is 0 Å². The minimum Gasteiger partial charge on any atom is -0.348 e. The average Bonchev–Trinajstić information content (AvgIpc) is 2.73. The van der Waals surface area contributed by atoms with Gasteiger partial charge in [0.25, 0.3) is 5.91 Å². The van der Waals surface area contributed by atoms with E-state index in [0.29, 0.717) is 29.2 Å². The van der Waals surface area contributed by atoms with Gasteiger partial charge in [0, 0.05) is 38.7 Å². The first kappa shape index (κ1) is 17.3. The summed E-state index contributed by atoms with van der Waals surface area (Å²) in [4.78, 5) is 25.0. The summed E-state index contributed by atoms with van der Waals surface area (Å²) in [6.45, 7) is 0.336. The zero-order valence-electron chi connectivity index (χ0n) is 12.6. The lowest BCUT2D eigenvalue weighted by Gasteiger charge is -2.10. The molecule has 0 saturated carbocycles. The first-order valence-corrected chi connectivity index (χ1v) is 9.47. The van der Waals surface area contributed by atoms with Gasteiger partial charge in [-0.1, -0.05) is 33.6 Å². The molecule has 1 aliphatic heterocycles. The number of nitrogens with one attached hydrogen (secondary N) is 2. The number of carbonyl (C=O) groups is 2. The second-order valence-corrected chi connectivity index (χ2v) is 7.74. The molecule has 0 aromatic heterocycles. The Labute approximate surface area is 157 Å². The maximum absolute atomic E-state index is 12.4. The van der Waals surface area contributed by atoms with E-state index < -0.39 is 0 Å². The highest BCUT2D eigenvalue weighted by Crippen LogP contribution is 2.31. The SMILES string of the molecule is O=C1CCSc2ccc(C(=O)NCc3ccc(Br)cc3Cl)cc2N1. The summed E-state index contributed by atoms with van der Waals surface area (Å²) >= 11 is 11.1. The normalized spacial score (nSPS) is 13.7. The van der Waals surface area contributed by atoms with Gasteiger partial charge in [-0.3, -0.25) is 9.59 Å². The highest BCUT2D eigenvalue weighted by molar-refractivity contribution is 9.10. The third-order valence-corrected chi connectivity index (χ3v) is 5.48. The largest absolute Gasteiger partial charge is 0.348 e. The molecule has 0 fully saturated rings. The van der Waals surface area contributed by atoms with Crippen LogP contribution in [-0.2, 0) is 11.3 Å². The summed E-state index contributed by atoms with van der Waals surface area (Å²) in [5, 5.41) is 6.28. The third-order valence-electron chi connectivity index (χ3n) is 3.56. The predicted octanol–water partition coefficient (Wildman–Crippen LogP) is 4.47. The van der Waals surface area contributed by atoms with Crippen molar-refractivity contribution in [2.45, 2.75) is 17.9 Å². The van der Waals surface area contributed by atoms with Gasteiger partial charge >= 0.3 is 0 Å². The van der Waals surface area contributed by atoms with Crippen molar-refractivity contribution >= 4 is 56.8 Å². The van der Waals surface area contributed by atoms with Crippen LogP contribution in [-0.4, -0.2) is 17.6 Å². The predicted molar refractivity (Wildman–Crippen MR) is 101 cm³/mol. The molecule has 2 amide bonds. The van der Waals surface area contributed by atoms with E-state index in [1.807, 2.05) is 18.2 Å². The summed E-state index contributed by atoms with van der Waals surface area (Å²) in [5.74, 6) is 0.507. The molecule has 0 spiro atoms. The molecule has 1 heterocycles. The van der Waals surface area contributed by atoms with Crippen molar-refractivity contribution < 1.29 is 9.59 Å². The number of rotatable bonds is 3. The highest BCUT2D eigenvalue weighted by atomic mass is 79.9. The Morgan fingerprint density at radius 2 is 2.12 bits per heavy atom. The van der Waals surface area contributed by atoms with Crippen LogP contribution in [0.25, 0.3) is 0 Å². The van der Waals surface area contributed by atoms with Crippen LogP contribution in [0.4, 0.5) is 5.69 Å². The van der Waals surface area contributed by atoms with Crippen molar-refractivity contribution in [3.63, 3.8) is 0 Å². The molecular weight excluding hydrogens is 412 g/mol. The second kappa shape index (κ2) is 7.59. The van der Waals surface area contributed by atoms with Gasteiger partial charge in [-0.25, -0.2) is 0 Å². The van der Waals surface area contributed by atoms with Crippen molar-refractivity contribution in [3.8, 4) is 0 Å². The maximum atomic E-state index is 12.4. The minimum absolute atomic E-state index is 0.0274. The monoisotopic (exact) mass is 424 g/mol. The van der Waals surface area contributed by atoms with Gasteiger partial charge in [0.2, 0.25) is 5.91 Å². The molecule has 0 bridgehead atoms. The zero-order valence-corrected chi connectivity index (χ0v) is 15.7. The Morgan fingerprint density at radius 3 is 2.92 bits per heavy atom. The second-order valence-electron chi connectivity index (χ2n) is 5.28. The Morgan fingerprint density at radius 1 is 1.29 bits per heavy atom. The molecule has 0 saturated heterocycles. The molecule has 1 aliphatic rings. The molecule has 2 aromatic carbocycles. The van der Waals surface area contributed by atoms with Crippen LogP contribution >= 0.6 is 39.3 Å². The minimum atomic E-state index is -0.208. The van der Waals surface area contributed by atoms with E-state index >= 15 is 0 Å². The van der Waals surface area contributed by atoms with Crippen molar-refractivity contribution in [3.05, 3.63) is 57.0 Å². The van der Waals surface area contributed by atoms with Gasteiger partial charge in [-0.05, 0) is 35.9 Å². The zero-order chi connectivity index (χ0) is 17.1. The van der Waals surface area contributed by atoms with Crippen LogP contribution in [0.15, 0.2) is 45.8 Å². The third kappa shape index (κ3) is 4.12. The number of anilines is 1. The van der Waals surface area contributed by atoms with E-state index in [0.717, 1.165) is 20.7 Å². The summed E-state index contributed by atoms with van der Waals surface area (Å²) < 4.78 is 0.890. The van der Waals surface area contributed by atoms with Crippen molar-refractivity contribution in [1.29, 1.82) is 0 Å². The van der Waals surface area contributed by atoms with Gasteiger partial charge in [0.1, 0.15) is 0 Å². The molecule has 24 heavy (non-hydrogen) atoms. The van der Waals surface area contributed by atoms with E-state index in [4.69, 9.17) is 11.6 Å².